The van der Waals surface area contributed by atoms with Gasteiger partial charge in [-0.1, -0.05) is 54.3 Å². The van der Waals surface area contributed by atoms with Crippen molar-refractivity contribution in [2.24, 2.45) is 0 Å². The van der Waals surface area contributed by atoms with Crippen LogP contribution in [0.15, 0.2) is 78.9 Å². The summed E-state index contributed by atoms with van der Waals surface area (Å²) in [4.78, 5) is 2.26. The number of rotatable bonds is 1. The minimum atomic E-state index is -0.215. The summed E-state index contributed by atoms with van der Waals surface area (Å²) in [5, 5.41) is 0. The first-order valence-electron chi connectivity index (χ1n) is 8.48. The number of anilines is 1. The van der Waals surface area contributed by atoms with Gasteiger partial charge in [-0.25, -0.2) is 4.39 Å². The molecule has 0 aromatic heterocycles. The third kappa shape index (κ3) is 3.27. The van der Waals surface area contributed by atoms with E-state index in [1.54, 1.807) is 0 Å². The second-order valence-corrected chi connectivity index (χ2v) is 6.16. The van der Waals surface area contributed by atoms with Gasteiger partial charge in [-0.15, -0.1) is 0 Å². The summed E-state index contributed by atoms with van der Waals surface area (Å²) >= 11 is 0. The molecule has 1 atom stereocenters. The van der Waals surface area contributed by atoms with Gasteiger partial charge < -0.3 is 4.90 Å². The fourth-order valence-corrected chi connectivity index (χ4v) is 3.31. The zero-order valence-corrected chi connectivity index (χ0v) is 13.8. The second kappa shape index (κ2) is 6.83. The van der Waals surface area contributed by atoms with Crippen LogP contribution >= 0.6 is 0 Å². The highest BCUT2D eigenvalue weighted by Gasteiger charge is 2.25. The number of nitrogens with zero attached hydrogens (tertiary/aromatic N) is 1. The number of halogens is 1. The first-order chi connectivity index (χ1) is 12.3. The van der Waals surface area contributed by atoms with Crippen molar-refractivity contribution in [3.8, 4) is 11.8 Å². The van der Waals surface area contributed by atoms with Crippen LogP contribution in [0.5, 0.6) is 0 Å². The maximum atomic E-state index is 13.3. The van der Waals surface area contributed by atoms with Crippen LogP contribution in [0.3, 0.4) is 0 Å². The van der Waals surface area contributed by atoms with Gasteiger partial charge in [-0.05, 0) is 53.9 Å². The van der Waals surface area contributed by atoms with E-state index in [2.05, 4.69) is 41.0 Å². The summed E-state index contributed by atoms with van der Waals surface area (Å²) in [5.74, 6) is 6.53. The number of hydrogen-bond acceptors (Lipinski definition) is 1. The molecule has 0 radical (unpaired) electrons. The van der Waals surface area contributed by atoms with Crippen LogP contribution in [0.2, 0.25) is 0 Å². The molecule has 0 saturated carbocycles. The van der Waals surface area contributed by atoms with E-state index in [1.807, 2.05) is 42.5 Å². The van der Waals surface area contributed by atoms with Gasteiger partial charge >= 0.3 is 0 Å². The molecule has 1 heterocycles. The quantitative estimate of drug-likeness (QED) is 0.570. The molecule has 4 rings (SSSR count). The molecule has 1 aliphatic heterocycles. The fourth-order valence-electron chi connectivity index (χ4n) is 3.31. The monoisotopic (exact) mass is 327 g/mol. The van der Waals surface area contributed by atoms with Crippen LogP contribution < -0.4 is 4.90 Å². The fraction of sp³-hybridized carbons (Fsp3) is 0.130. The van der Waals surface area contributed by atoms with Gasteiger partial charge in [-0.2, -0.15) is 0 Å². The molecule has 1 nitrogen and oxygen atoms in total. The summed E-state index contributed by atoms with van der Waals surface area (Å²) in [6.45, 7) is 0.872. The van der Waals surface area contributed by atoms with Crippen LogP contribution in [0.25, 0.3) is 0 Å². The SMILES string of the molecule is Fc1ccc(N2CCc3ccccc3C2C#Cc2ccccc2)cc1. The minimum absolute atomic E-state index is 0.0318. The summed E-state index contributed by atoms with van der Waals surface area (Å²) in [7, 11) is 0. The van der Waals surface area contributed by atoms with E-state index in [9.17, 15) is 4.39 Å². The average Bonchev–Trinajstić information content (AvgIpc) is 2.67. The van der Waals surface area contributed by atoms with Crippen molar-refractivity contribution in [2.45, 2.75) is 12.5 Å². The van der Waals surface area contributed by atoms with Crippen LogP contribution in [0, 0.1) is 17.7 Å². The Hall–Kier alpha value is -3.05. The molecule has 25 heavy (non-hydrogen) atoms. The van der Waals surface area contributed by atoms with Gasteiger partial charge in [0.05, 0.1) is 0 Å². The molecular formula is C23H18FN. The molecule has 0 saturated heterocycles. The van der Waals surface area contributed by atoms with Crippen molar-refractivity contribution >= 4 is 5.69 Å². The smallest absolute Gasteiger partial charge is 0.123 e. The summed E-state index contributed by atoms with van der Waals surface area (Å²) in [6.07, 6.45) is 0.969. The van der Waals surface area contributed by atoms with Gasteiger partial charge in [0.2, 0.25) is 0 Å². The summed E-state index contributed by atoms with van der Waals surface area (Å²) in [5.41, 5.74) is 4.59. The van der Waals surface area contributed by atoms with E-state index in [0.717, 1.165) is 24.2 Å². The van der Waals surface area contributed by atoms with Crippen molar-refractivity contribution in [3.63, 3.8) is 0 Å². The molecule has 0 aliphatic carbocycles. The summed E-state index contributed by atoms with van der Waals surface area (Å²) < 4.78 is 13.3. The highest BCUT2D eigenvalue weighted by atomic mass is 19.1. The Kier molecular flexibility index (Phi) is 4.23. The Labute approximate surface area is 147 Å². The van der Waals surface area contributed by atoms with E-state index >= 15 is 0 Å². The van der Waals surface area contributed by atoms with Crippen molar-refractivity contribution < 1.29 is 4.39 Å². The molecule has 2 heteroatoms. The first kappa shape index (κ1) is 15.5. The highest BCUT2D eigenvalue weighted by molar-refractivity contribution is 5.56. The zero-order chi connectivity index (χ0) is 17.1. The molecule has 3 aromatic carbocycles. The predicted molar refractivity (Wildman–Crippen MR) is 100.0 cm³/mol. The van der Waals surface area contributed by atoms with Crippen LogP contribution in [0.1, 0.15) is 22.7 Å². The lowest BCUT2D eigenvalue weighted by atomic mass is 9.92. The number of hydrogen-bond donors (Lipinski definition) is 0. The molecule has 0 spiro atoms. The minimum Gasteiger partial charge on any atom is -0.353 e. The Bertz CT molecular complexity index is 920. The van der Waals surface area contributed by atoms with Crippen LogP contribution in [0.4, 0.5) is 10.1 Å². The lowest BCUT2D eigenvalue weighted by molar-refractivity contribution is 0.625. The van der Waals surface area contributed by atoms with Crippen LogP contribution in [-0.2, 0) is 6.42 Å². The topological polar surface area (TPSA) is 3.24 Å². The average molecular weight is 327 g/mol. The molecule has 122 valence electrons. The molecule has 0 fully saturated rings. The van der Waals surface area contributed by atoms with Crippen molar-refractivity contribution in [3.05, 3.63) is 101 Å². The first-order valence-corrected chi connectivity index (χ1v) is 8.48. The standard InChI is InChI=1S/C23H18FN/c24-20-11-13-21(14-12-20)25-17-16-19-8-4-5-9-22(19)23(25)15-10-18-6-2-1-3-7-18/h1-9,11-14,23H,16-17H2. The zero-order valence-electron chi connectivity index (χ0n) is 13.8. The third-order valence-electron chi connectivity index (χ3n) is 4.57. The Morgan fingerprint density at radius 1 is 0.840 bits per heavy atom. The maximum Gasteiger partial charge on any atom is 0.123 e. The number of benzene rings is 3. The molecule has 0 amide bonds. The van der Waals surface area contributed by atoms with Crippen molar-refractivity contribution in [1.29, 1.82) is 0 Å². The maximum absolute atomic E-state index is 13.3. The van der Waals surface area contributed by atoms with E-state index in [0.29, 0.717) is 0 Å². The molecule has 1 aliphatic rings. The van der Waals surface area contributed by atoms with Gasteiger partial charge in [0.15, 0.2) is 0 Å². The Morgan fingerprint density at radius 3 is 2.36 bits per heavy atom. The second-order valence-electron chi connectivity index (χ2n) is 6.16. The van der Waals surface area contributed by atoms with E-state index < -0.39 is 0 Å². The van der Waals surface area contributed by atoms with E-state index in [-0.39, 0.29) is 11.9 Å². The van der Waals surface area contributed by atoms with Crippen LogP contribution in [-0.4, -0.2) is 6.54 Å². The molecule has 3 aromatic rings. The lowest BCUT2D eigenvalue weighted by Gasteiger charge is -2.36. The largest absolute Gasteiger partial charge is 0.353 e. The molecule has 0 N–H and O–H groups in total. The van der Waals surface area contributed by atoms with Crippen molar-refractivity contribution in [2.75, 3.05) is 11.4 Å². The molecule has 0 bridgehead atoms. The van der Waals surface area contributed by atoms with Crippen molar-refractivity contribution in [1.82, 2.24) is 0 Å². The highest BCUT2D eigenvalue weighted by Crippen LogP contribution is 2.33. The van der Waals surface area contributed by atoms with Gasteiger partial charge in [0.1, 0.15) is 11.9 Å². The lowest BCUT2D eigenvalue weighted by Crippen LogP contribution is -2.34. The Morgan fingerprint density at radius 2 is 1.56 bits per heavy atom. The van der Waals surface area contributed by atoms with E-state index in [4.69, 9.17) is 0 Å². The number of fused-ring (bicyclic) bond motifs is 1. The van der Waals surface area contributed by atoms with Gasteiger partial charge in [0, 0.05) is 17.8 Å². The molecular weight excluding hydrogens is 309 g/mol. The Balaban J connectivity index is 1.76. The van der Waals surface area contributed by atoms with Gasteiger partial charge in [0.25, 0.3) is 0 Å². The van der Waals surface area contributed by atoms with Gasteiger partial charge in [-0.3, -0.25) is 0 Å². The third-order valence-corrected chi connectivity index (χ3v) is 4.57. The predicted octanol–water partition coefficient (Wildman–Crippen LogP) is 4.98. The normalized spacial score (nSPS) is 15.9. The summed E-state index contributed by atoms with van der Waals surface area (Å²) in [6, 6.07) is 25.1. The molecule has 1 unspecified atom stereocenters. The van der Waals surface area contributed by atoms with E-state index in [1.165, 1.54) is 23.3 Å².